The van der Waals surface area contributed by atoms with Crippen molar-refractivity contribution in [1.82, 2.24) is 15.0 Å². The van der Waals surface area contributed by atoms with Gasteiger partial charge in [0.1, 0.15) is 5.76 Å². The van der Waals surface area contributed by atoms with Crippen LogP contribution in [0.15, 0.2) is 16.7 Å². The Morgan fingerprint density at radius 2 is 2.05 bits per heavy atom. The Labute approximate surface area is 123 Å². The van der Waals surface area contributed by atoms with Crippen LogP contribution in [0.25, 0.3) is 5.82 Å². The maximum Gasteiger partial charge on any atom is 0.253 e. The molecule has 0 aliphatic rings. The van der Waals surface area contributed by atoms with Gasteiger partial charge in [0.25, 0.3) is 5.91 Å². The molecule has 114 valence electrons. The molecular weight excluding hydrogens is 270 g/mol. The second-order valence-corrected chi connectivity index (χ2v) is 5.91. The Balaban J connectivity index is 2.38. The summed E-state index contributed by atoms with van der Waals surface area (Å²) in [5.74, 6) is 1.15. The number of aliphatic hydroxyl groups excluding tert-OH is 1. The molecule has 0 saturated carbocycles. The first kappa shape index (κ1) is 15.3. The quantitative estimate of drug-likeness (QED) is 0.901. The van der Waals surface area contributed by atoms with Crippen LogP contribution < -0.4 is 5.32 Å². The largest absolute Gasteiger partial charge is 0.394 e. The number of aromatic nitrogens is 2. The lowest BCUT2D eigenvalue weighted by Gasteiger charge is -2.23. The smallest absolute Gasteiger partial charge is 0.253 e. The summed E-state index contributed by atoms with van der Waals surface area (Å²) in [6.07, 6.45) is 0. The summed E-state index contributed by atoms with van der Waals surface area (Å²) >= 11 is 0. The monoisotopic (exact) mass is 291 g/mol. The van der Waals surface area contributed by atoms with Gasteiger partial charge in [0, 0.05) is 17.5 Å². The van der Waals surface area contributed by atoms with Gasteiger partial charge in [0.05, 0.1) is 17.7 Å². The van der Waals surface area contributed by atoms with E-state index < -0.39 is 5.54 Å². The highest BCUT2D eigenvalue weighted by Crippen LogP contribution is 2.21. The Morgan fingerprint density at radius 3 is 2.57 bits per heavy atom. The highest BCUT2D eigenvalue weighted by molar-refractivity contribution is 5.96. The summed E-state index contributed by atoms with van der Waals surface area (Å²) in [6.45, 7) is 9.00. The van der Waals surface area contributed by atoms with Gasteiger partial charge < -0.3 is 14.9 Å². The number of rotatable bonds is 4. The molecule has 0 atom stereocenters. The van der Waals surface area contributed by atoms with Gasteiger partial charge in [-0.2, -0.15) is 0 Å². The van der Waals surface area contributed by atoms with Crippen molar-refractivity contribution in [2.75, 3.05) is 6.61 Å². The van der Waals surface area contributed by atoms with Gasteiger partial charge in [-0.25, -0.2) is 0 Å². The van der Waals surface area contributed by atoms with Gasteiger partial charge in [-0.1, -0.05) is 5.16 Å². The Hall–Kier alpha value is -2.08. The van der Waals surface area contributed by atoms with Crippen LogP contribution in [0.1, 0.15) is 41.4 Å². The predicted octanol–water partition coefficient (Wildman–Crippen LogP) is 1.89. The minimum Gasteiger partial charge on any atom is -0.394 e. The SMILES string of the molecule is Cc1cc(-n2c(C)cc(C(=O)NC(C)(C)CO)c2C)no1. The lowest BCUT2D eigenvalue weighted by molar-refractivity contribution is 0.0868. The van der Waals surface area contributed by atoms with Crippen LogP contribution in [0.4, 0.5) is 0 Å². The number of aryl methyl sites for hydroxylation is 2. The number of hydrogen-bond acceptors (Lipinski definition) is 4. The highest BCUT2D eigenvalue weighted by Gasteiger charge is 2.24. The third-order valence-electron chi connectivity index (χ3n) is 3.37. The van der Waals surface area contributed by atoms with E-state index >= 15 is 0 Å². The molecule has 0 saturated heterocycles. The molecule has 2 rings (SSSR count). The summed E-state index contributed by atoms with van der Waals surface area (Å²) < 4.78 is 6.96. The van der Waals surface area contributed by atoms with Crippen molar-refractivity contribution in [2.45, 2.75) is 40.2 Å². The van der Waals surface area contributed by atoms with Crippen LogP contribution in [0.2, 0.25) is 0 Å². The second-order valence-electron chi connectivity index (χ2n) is 5.91. The zero-order valence-corrected chi connectivity index (χ0v) is 13.0. The molecule has 2 aromatic heterocycles. The van der Waals surface area contributed by atoms with Crippen LogP contribution in [0, 0.1) is 20.8 Å². The minimum absolute atomic E-state index is 0.125. The zero-order chi connectivity index (χ0) is 15.8. The standard InChI is InChI=1S/C15H21N3O3/c1-9-6-12(14(20)16-15(4,5)8-19)11(3)18(9)13-7-10(2)21-17-13/h6-7,19H,8H2,1-5H3,(H,16,20). The van der Waals surface area contributed by atoms with Gasteiger partial charge in [0.2, 0.25) is 0 Å². The van der Waals surface area contributed by atoms with Crippen LogP contribution in [-0.2, 0) is 0 Å². The number of nitrogens with one attached hydrogen (secondary N) is 1. The molecule has 6 heteroatoms. The average molecular weight is 291 g/mol. The number of hydrogen-bond donors (Lipinski definition) is 2. The molecule has 6 nitrogen and oxygen atoms in total. The first-order valence-corrected chi connectivity index (χ1v) is 6.81. The molecule has 0 unspecified atom stereocenters. The summed E-state index contributed by atoms with van der Waals surface area (Å²) in [7, 11) is 0. The van der Waals surface area contributed by atoms with Crippen molar-refractivity contribution in [2.24, 2.45) is 0 Å². The molecule has 21 heavy (non-hydrogen) atoms. The lowest BCUT2D eigenvalue weighted by atomic mass is 10.1. The normalized spacial score (nSPS) is 11.7. The number of carbonyl (C=O) groups excluding carboxylic acids is 1. The van der Waals surface area contributed by atoms with Gasteiger partial charge in [-0.05, 0) is 40.7 Å². The van der Waals surface area contributed by atoms with E-state index in [1.807, 2.05) is 37.5 Å². The molecule has 2 heterocycles. The minimum atomic E-state index is -0.663. The maximum absolute atomic E-state index is 12.4. The van der Waals surface area contributed by atoms with Crippen molar-refractivity contribution in [3.63, 3.8) is 0 Å². The maximum atomic E-state index is 12.4. The third-order valence-corrected chi connectivity index (χ3v) is 3.37. The summed E-state index contributed by atoms with van der Waals surface area (Å²) in [4.78, 5) is 12.4. The van der Waals surface area contributed by atoms with Crippen LogP contribution in [0.5, 0.6) is 0 Å². The molecule has 2 aromatic rings. The average Bonchev–Trinajstić information content (AvgIpc) is 2.93. The number of carbonyl (C=O) groups is 1. The Morgan fingerprint density at radius 1 is 1.38 bits per heavy atom. The van der Waals surface area contributed by atoms with Crippen LogP contribution in [0.3, 0.4) is 0 Å². The number of amides is 1. The fourth-order valence-electron chi connectivity index (χ4n) is 2.22. The first-order valence-electron chi connectivity index (χ1n) is 6.81. The van der Waals surface area contributed by atoms with Crippen LogP contribution >= 0.6 is 0 Å². The molecule has 2 N–H and O–H groups in total. The Kier molecular flexibility index (Phi) is 3.91. The topological polar surface area (TPSA) is 80.3 Å². The molecule has 0 bridgehead atoms. The summed E-state index contributed by atoms with van der Waals surface area (Å²) in [5.41, 5.74) is 1.58. The number of aliphatic hydroxyl groups is 1. The van der Waals surface area contributed by atoms with Crippen molar-refractivity contribution in [1.29, 1.82) is 0 Å². The van der Waals surface area contributed by atoms with Crippen molar-refractivity contribution >= 4 is 5.91 Å². The predicted molar refractivity (Wildman–Crippen MR) is 78.7 cm³/mol. The third kappa shape index (κ3) is 3.00. The van der Waals surface area contributed by atoms with Gasteiger partial charge >= 0.3 is 0 Å². The van der Waals surface area contributed by atoms with E-state index in [2.05, 4.69) is 10.5 Å². The zero-order valence-electron chi connectivity index (χ0n) is 13.0. The van der Waals surface area contributed by atoms with E-state index in [0.717, 1.165) is 11.4 Å². The van der Waals surface area contributed by atoms with Gasteiger partial charge in [-0.15, -0.1) is 0 Å². The van der Waals surface area contributed by atoms with Gasteiger partial charge in [-0.3, -0.25) is 9.36 Å². The fraction of sp³-hybridized carbons (Fsp3) is 0.467. The molecule has 0 radical (unpaired) electrons. The molecule has 0 aromatic carbocycles. The van der Waals surface area contributed by atoms with E-state index in [9.17, 15) is 9.90 Å². The number of nitrogens with zero attached hydrogens (tertiary/aromatic N) is 2. The molecule has 1 amide bonds. The van der Waals surface area contributed by atoms with Crippen molar-refractivity contribution in [3.05, 3.63) is 34.8 Å². The molecule has 0 aliphatic heterocycles. The van der Waals surface area contributed by atoms with Gasteiger partial charge in [0.15, 0.2) is 5.82 Å². The van der Waals surface area contributed by atoms with E-state index in [1.54, 1.807) is 13.8 Å². The van der Waals surface area contributed by atoms with Crippen LogP contribution in [-0.4, -0.2) is 32.9 Å². The van der Waals surface area contributed by atoms with Crippen molar-refractivity contribution in [3.8, 4) is 5.82 Å². The first-order chi connectivity index (χ1) is 9.75. The molecule has 0 fully saturated rings. The molecular formula is C15H21N3O3. The van der Waals surface area contributed by atoms with E-state index in [0.29, 0.717) is 17.1 Å². The second kappa shape index (κ2) is 5.37. The molecule has 0 aliphatic carbocycles. The highest BCUT2D eigenvalue weighted by atomic mass is 16.5. The van der Waals surface area contributed by atoms with E-state index in [-0.39, 0.29) is 12.5 Å². The molecule has 0 spiro atoms. The van der Waals surface area contributed by atoms with E-state index in [4.69, 9.17) is 4.52 Å². The summed E-state index contributed by atoms with van der Waals surface area (Å²) in [6, 6.07) is 3.63. The van der Waals surface area contributed by atoms with Crippen molar-refractivity contribution < 1.29 is 14.4 Å². The lowest BCUT2D eigenvalue weighted by Crippen LogP contribution is -2.46. The Bertz CT molecular complexity index is 668. The van der Waals surface area contributed by atoms with E-state index in [1.165, 1.54) is 0 Å². The summed E-state index contributed by atoms with van der Waals surface area (Å²) in [5, 5.41) is 16.1. The fourth-order valence-corrected chi connectivity index (χ4v) is 2.22.